The first kappa shape index (κ1) is 25.5. The monoisotopic (exact) mass is 433 g/mol. The zero-order valence-corrected chi connectivity index (χ0v) is 17.5. The highest BCUT2D eigenvalue weighted by atomic mass is 32.3. The van der Waals surface area contributed by atoms with Crippen LogP contribution in [0.25, 0.3) is 0 Å². The first-order chi connectivity index (χ1) is 13.9. The summed E-state index contributed by atoms with van der Waals surface area (Å²) in [7, 11) is -4.33. The first-order valence-corrected chi connectivity index (χ1v) is 10.8. The lowest BCUT2D eigenvalue weighted by Crippen LogP contribution is -2.29. The topological polar surface area (TPSA) is 124 Å². The van der Waals surface area contributed by atoms with Crippen LogP contribution in [-0.2, 0) is 30.0 Å². The minimum Gasteiger partial charge on any atom is -0.491 e. The highest BCUT2D eigenvalue weighted by Gasteiger charge is 2.18. The number of rotatable bonds is 17. The van der Waals surface area contributed by atoms with Crippen LogP contribution < -0.4 is 10.2 Å². The van der Waals surface area contributed by atoms with Gasteiger partial charge in [-0.2, -0.15) is 18.2 Å². The van der Waals surface area contributed by atoms with Gasteiger partial charge in [0.15, 0.2) is 6.79 Å². The number of aryl methyl sites for hydroxylation is 1. The summed E-state index contributed by atoms with van der Waals surface area (Å²) in [5.74, 6) is 0.636. The van der Waals surface area contributed by atoms with E-state index in [0.29, 0.717) is 5.75 Å². The van der Waals surface area contributed by atoms with Crippen LogP contribution in [0.5, 0.6) is 5.75 Å². The quantitative estimate of drug-likeness (QED) is 0.145. The molecule has 10 heteroatoms. The molecule has 2 unspecified atom stereocenters. The molecule has 0 aliphatic carbocycles. The van der Waals surface area contributed by atoms with Gasteiger partial charge in [-0.25, -0.2) is 4.18 Å². The average Bonchev–Trinajstić information content (AvgIpc) is 2.71. The van der Waals surface area contributed by atoms with Gasteiger partial charge in [-0.05, 0) is 30.5 Å². The maximum absolute atomic E-state index is 11.5. The molecule has 1 aromatic carbocycles. The summed E-state index contributed by atoms with van der Waals surface area (Å²) in [5.41, 5.74) is 3.25. The molecule has 0 bridgehead atoms. The molecule has 1 aromatic rings. The Morgan fingerprint density at radius 1 is 1.28 bits per heavy atom. The van der Waals surface area contributed by atoms with E-state index in [0.717, 1.165) is 19.3 Å². The molecule has 2 atom stereocenters. The van der Waals surface area contributed by atoms with Crippen molar-refractivity contribution in [2.24, 2.45) is 0 Å². The Balaban J connectivity index is 2.51. The third kappa shape index (κ3) is 11.9. The molecule has 0 amide bonds. The van der Waals surface area contributed by atoms with Crippen molar-refractivity contribution in [1.82, 2.24) is 5.48 Å². The average molecular weight is 434 g/mol. The Bertz CT molecular complexity index is 665. The van der Waals surface area contributed by atoms with Gasteiger partial charge in [-0.15, -0.1) is 6.58 Å². The molecule has 0 aromatic heterocycles. The van der Waals surface area contributed by atoms with Gasteiger partial charge in [0.25, 0.3) is 0 Å². The van der Waals surface area contributed by atoms with Crippen LogP contribution in [0.4, 0.5) is 0 Å². The summed E-state index contributed by atoms with van der Waals surface area (Å²) in [5, 5.41) is 18.4. The summed E-state index contributed by atoms with van der Waals surface area (Å²) < 4.78 is 42.9. The molecule has 0 saturated carbocycles. The second-order valence-corrected chi connectivity index (χ2v) is 7.45. The third-order valence-electron chi connectivity index (χ3n) is 3.83. The number of aliphatic hydroxyl groups excluding tert-OH is 2. The van der Waals surface area contributed by atoms with Crippen LogP contribution in [0.2, 0.25) is 0 Å². The molecule has 1 rings (SSSR count). The summed E-state index contributed by atoms with van der Waals surface area (Å²) in [6, 6.07) is 7.69. The molecular formula is C19H31NO8S. The molecule has 29 heavy (non-hydrogen) atoms. The van der Waals surface area contributed by atoms with Crippen LogP contribution in [-0.4, -0.2) is 57.4 Å². The minimum absolute atomic E-state index is 0.0756. The maximum atomic E-state index is 11.5. The van der Waals surface area contributed by atoms with E-state index in [2.05, 4.69) is 22.0 Å². The van der Waals surface area contributed by atoms with E-state index in [-0.39, 0.29) is 26.2 Å². The summed E-state index contributed by atoms with van der Waals surface area (Å²) in [6.45, 7) is 4.71. The molecule has 9 nitrogen and oxygen atoms in total. The fourth-order valence-corrected chi connectivity index (χ4v) is 2.69. The van der Waals surface area contributed by atoms with E-state index in [1.165, 1.54) is 11.6 Å². The van der Waals surface area contributed by atoms with Gasteiger partial charge in [0.1, 0.15) is 12.4 Å². The van der Waals surface area contributed by atoms with Gasteiger partial charge in [-0.1, -0.05) is 31.6 Å². The van der Waals surface area contributed by atoms with E-state index in [9.17, 15) is 13.5 Å². The zero-order valence-electron chi connectivity index (χ0n) is 16.7. The van der Waals surface area contributed by atoms with Crippen molar-refractivity contribution < 1.29 is 36.6 Å². The number of unbranched alkanes of at least 4 members (excludes halogenated alkanes) is 1. The minimum atomic E-state index is -4.33. The summed E-state index contributed by atoms with van der Waals surface area (Å²) >= 11 is 0. The van der Waals surface area contributed by atoms with Crippen LogP contribution >= 0.6 is 0 Å². The molecule has 0 aliphatic heterocycles. The Labute approximate surface area is 172 Å². The van der Waals surface area contributed by atoms with Crippen molar-refractivity contribution in [3.8, 4) is 5.75 Å². The van der Waals surface area contributed by atoms with Crippen molar-refractivity contribution in [3.63, 3.8) is 0 Å². The van der Waals surface area contributed by atoms with Crippen molar-refractivity contribution in [1.29, 1.82) is 0 Å². The summed E-state index contributed by atoms with van der Waals surface area (Å²) in [4.78, 5) is 0. The van der Waals surface area contributed by atoms with Gasteiger partial charge in [0, 0.05) is 13.0 Å². The lowest BCUT2D eigenvalue weighted by Gasteiger charge is -2.20. The highest BCUT2D eigenvalue weighted by Crippen LogP contribution is 2.16. The third-order valence-corrected chi connectivity index (χ3v) is 4.53. The Morgan fingerprint density at radius 2 is 2.00 bits per heavy atom. The number of hydroxylamine groups is 1. The molecular weight excluding hydrogens is 402 g/mol. The van der Waals surface area contributed by atoms with E-state index >= 15 is 0 Å². The molecule has 3 N–H and O–H groups in total. The lowest BCUT2D eigenvalue weighted by molar-refractivity contribution is -0.0694. The van der Waals surface area contributed by atoms with Crippen molar-refractivity contribution >= 4 is 10.4 Å². The fourth-order valence-electron chi connectivity index (χ4n) is 2.24. The van der Waals surface area contributed by atoms with Gasteiger partial charge in [-0.3, -0.25) is 0 Å². The SMILES string of the molecule is C=CC(O)CC(COc1ccc(CCCC)cc1)OCOS(=O)(=O)ONCCO. The molecule has 166 valence electrons. The predicted octanol–water partition coefficient (Wildman–Crippen LogP) is 1.46. The summed E-state index contributed by atoms with van der Waals surface area (Å²) in [6.07, 6.45) is 3.25. The van der Waals surface area contributed by atoms with Crippen LogP contribution in [0.3, 0.4) is 0 Å². The molecule has 0 saturated heterocycles. The smallest absolute Gasteiger partial charge is 0.418 e. The van der Waals surface area contributed by atoms with Crippen molar-refractivity contribution in [3.05, 3.63) is 42.5 Å². The fraction of sp³-hybridized carbons (Fsp3) is 0.579. The largest absolute Gasteiger partial charge is 0.491 e. The second kappa shape index (κ2) is 14.5. The molecule has 0 fully saturated rings. The van der Waals surface area contributed by atoms with E-state index < -0.39 is 29.4 Å². The number of benzene rings is 1. The Hall–Kier alpha value is -1.53. The van der Waals surface area contributed by atoms with E-state index in [1.807, 2.05) is 29.7 Å². The second-order valence-electron chi connectivity index (χ2n) is 6.23. The van der Waals surface area contributed by atoms with E-state index in [4.69, 9.17) is 14.6 Å². The van der Waals surface area contributed by atoms with Gasteiger partial charge >= 0.3 is 10.4 Å². The predicted molar refractivity (Wildman–Crippen MR) is 107 cm³/mol. The lowest BCUT2D eigenvalue weighted by atomic mass is 10.1. The maximum Gasteiger partial charge on any atom is 0.418 e. The normalized spacial score (nSPS) is 13.8. The van der Waals surface area contributed by atoms with Gasteiger partial charge in [0.2, 0.25) is 0 Å². The van der Waals surface area contributed by atoms with Crippen molar-refractivity contribution in [2.45, 2.75) is 44.8 Å². The highest BCUT2D eigenvalue weighted by molar-refractivity contribution is 7.81. The number of aliphatic hydroxyl groups is 2. The first-order valence-electron chi connectivity index (χ1n) is 9.45. The molecule has 0 aliphatic rings. The number of nitrogens with one attached hydrogen (secondary N) is 1. The molecule has 0 heterocycles. The van der Waals surface area contributed by atoms with Gasteiger partial charge < -0.3 is 19.7 Å². The number of hydrogen-bond acceptors (Lipinski definition) is 9. The Morgan fingerprint density at radius 3 is 2.62 bits per heavy atom. The van der Waals surface area contributed by atoms with Crippen LogP contribution in [0.1, 0.15) is 31.7 Å². The van der Waals surface area contributed by atoms with E-state index in [1.54, 1.807) is 0 Å². The number of ether oxygens (including phenoxy) is 2. The van der Waals surface area contributed by atoms with Crippen LogP contribution in [0, 0.1) is 0 Å². The van der Waals surface area contributed by atoms with Gasteiger partial charge in [0.05, 0.1) is 18.8 Å². The molecule has 0 spiro atoms. The Kier molecular flexibility index (Phi) is 12.7. The standard InChI is InChI=1S/C19H31NO8S/c1-3-5-6-16-7-9-18(10-8-16)25-14-19(13-17(22)4-2)26-15-27-29(23,24)28-20-11-12-21/h4,7-10,17,19-22H,2-3,5-6,11-15H2,1H3. The zero-order chi connectivity index (χ0) is 21.5. The van der Waals surface area contributed by atoms with Crippen molar-refractivity contribution in [2.75, 3.05) is 26.6 Å². The molecule has 0 radical (unpaired) electrons. The number of hydrogen-bond donors (Lipinski definition) is 3. The van der Waals surface area contributed by atoms with Crippen LogP contribution in [0.15, 0.2) is 36.9 Å².